The Balaban J connectivity index is 1.49. The third-order valence-corrected chi connectivity index (χ3v) is 6.06. The van der Waals surface area contributed by atoms with Gasteiger partial charge in [-0.3, -0.25) is 14.5 Å². The molecule has 32 heavy (non-hydrogen) atoms. The Morgan fingerprint density at radius 2 is 1.66 bits per heavy atom. The smallest absolute Gasteiger partial charge is 0.242 e. The molecule has 6 nitrogen and oxygen atoms in total. The molecule has 1 aliphatic rings. The number of hydrogen-bond donors (Lipinski definition) is 1. The van der Waals surface area contributed by atoms with Crippen molar-refractivity contribution in [2.45, 2.75) is 40.2 Å². The molecule has 0 atom stereocenters. The number of rotatable bonds is 8. The number of aryl methyl sites for hydroxylation is 2. The van der Waals surface area contributed by atoms with Gasteiger partial charge in [0.2, 0.25) is 11.8 Å². The molecular formula is C26H36N4O2. The second-order valence-corrected chi connectivity index (χ2v) is 8.77. The molecule has 1 aliphatic heterocycles. The van der Waals surface area contributed by atoms with E-state index in [0.717, 1.165) is 23.4 Å². The van der Waals surface area contributed by atoms with Crippen molar-refractivity contribution in [2.75, 3.05) is 49.5 Å². The van der Waals surface area contributed by atoms with Gasteiger partial charge >= 0.3 is 0 Å². The van der Waals surface area contributed by atoms with Crippen molar-refractivity contribution in [1.29, 1.82) is 0 Å². The van der Waals surface area contributed by atoms with Gasteiger partial charge in [0.1, 0.15) is 0 Å². The molecule has 0 aliphatic carbocycles. The van der Waals surface area contributed by atoms with Crippen LogP contribution < -0.4 is 10.2 Å². The van der Waals surface area contributed by atoms with Crippen LogP contribution in [0.15, 0.2) is 48.5 Å². The second kappa shape index (κ2) is 11.1. The molecule has 1 N–H and O–H groups in total. The zero-order valence-corrected chi connectivity index (χ0v) is 19.8. The summed E-state index contributed by atoms with van der Waals surface area (Å²) in [6.45, 7) is 11.8. The number of carbonyl (C=O) groups excluding carboxylic acids is 2. The number of piperazine rings is 1. The maximum atomic E-state index is 13.0. The van der Waals surface area contributed by atoms with Gasteiger partial charge in [-0.05, 0) is 51.0 Å². The van der Waals surface area contributed by atoms with Crippen LogP contribution in [-0.2, 0) is 16.0 Å². The van der Waals surface area contributed by atoms with Crippen molar-refractivity contribution < 1.29 is 9.59 Å². The molecule has 2 aromatic carbocycles. The summed E-state index contributed by atoms with van der Waals surface area (Å²) in [4.78, 5) is 31.7. The van der Waals surface area contributed by atoms with Crippen LogP contribution in [0.5, 0.6) is 0 Å². The highest BCUT2D eigenvalue weighted by atomic mass is 16.2. The molecule has 0 unspecified atom stereocenters. The lowest BCUT2D eigenvalue weighted by molar-refractivity contribution is -0.131. The summed E-state index contributed by atoms with van der Waals surface area (Å²) in [5.74, 6) is 0.135. The highest BCUT2D eigenvalue weighted by Gasteiger charge is 2.25. The highest BCUT2D eigenvalue weighted by Crippen LogP contribution is 2.19. The van der Waals surface area contributed by atoms with Crippen LogP contribution in [0.4, 0.5) is 11.4 Å². The first-order valence-electron chi connectivity index (χ1n) is 11.6. The van der Waals surface area contributed by atoms with Crippen molar-refractivity contribution in [3.8, 4) is 0 Å². The van der Waals surface area contributed by atoms with E-state index in [9.17, 15) is 9.59 Å². The second-order valence-electron chi connectivity index (χ2n) is 8.77. The summed E-state index contributed by atoms with van der Waals surface area (Å²) in [6.07, 6.45) is 0.882. The molecule has 1 heterocycles. The minimum atomic E-state index is -0.00368. The predicted octanol–water partition coefficient (Wildman–Crippen LogP) is 3.56. The van der Waals surface area contributed by atoms with Crippen LogP contribution >= 0.6 is 0 Å². The van der Waals surface area contributed by atoms with Gasteiger partial charge in [-0.1, -0.05) is 42.8 Å². The van der Waals surface area contributed by atoms with E-state index >= 15 is 0 Å². The fourth-order valence-corrected chi connectivity index (χ4v) is 4.05. The third kappa shape index (κ3) is 6.33. The number of amides is 2. The Bertz CT molecular complexity index is 902. The minimum absolute atomic E-state index is 0.00368. The van der Waals surface area contributed by atoms with Gasteiger partial charge in [0.15, 0.2) is 0 Å². The molecule has 3 rings (SSSR count). The van der Waals surface area contributed by atoms with Gasteiger partial charge < -0.3 is 15.1 Å². The Morgan fingerprint density at radius 1 is 1.00 bits per heavy atom. The van der Waals surface area contributed by atoms with Crippen LogP contribution in [0, 0.1) is 6.92 Å². The lowest BCUT2D eigenvalue weighted by Crippen LogP contribution is -2.53. The van der Waals surface area contributed by atoms with E-state index in [2.05, 4.69) is 67.1 Å². The molecule has 0 saturated carbocycles. The van der Waals surface area contributed by atoms with Gasteiger partial charge in [-0.2, -0.15) is 0 Å². The van der Waals surface area contributed by atoms with Gasteiger partial charge in [0, 0.05) is 43.6 Å². The number of carbonyl (C=O) groups is 2. The Labute approximate surface area is 192 Å². The first-order chi connectivity index (χ1) is 15.4. The lowest BCUT2D eigenvalue weighted by Gasteiger charge is -2.36. The normalized spacial score (nSPS) is 14.5. The summed E-state index contributed by atoms with van der Waals surface area (Å²) in [7, 11) is 0. The topological polar surface area (TPSA) is 55.9 Å². The van der Waals surface area contributed by atoms with Crippen molar-refractivity contribution >= 4 is 23.2 Å². The van der Waals surface area contributed by atoms with E-state index in [-0.39, 0.29) is 17.9 Å². The summed E-state index contributed by atoms with van der Waals surface area (Å²) in [5.41, 5.74) is 4.31. The fourth-order valence-electron chi connectivity index (χ4n) is 4.05. The first-order valence-corrected chi connectivity index (χ1v) is 11.6. The molecule has 6 heteroatoms. The van der Waals surface area contributed by atoms with Gasteiger partial charge in [0.25, 0.3) is 0 Å². The molecule has 1 fully saturated rings. The van der Waals surface area contributed by atoms with Gasteiger partial charge in [-0.25, -0.2) is 0 Å². The van der Waals surface area contributed by atoms with Crippen LogP contribution in [0.25, 0.3) is 0 Å². The number of benzene rings is 2. The lowest BCUT2D eigenvalue weighted by atomic mass is 10.1. The predicted molar refractivity (Wildman–Crippen MR) is 131 cm³/mol. The fraction of sp³-hybridized carbons (Fsp3) is 0.462. The van der Waals surface area contributed by atoms with Gasteiger partial charge in [0.05, 0.1) is 13.1 Å². The van der Waals surface area contributed by atoms with Crippen LogP contribution in [0.2, 0.25) is 0 Å². The van der Waals surface area contributed by atoms with E-state index in [1.54, 1.807) is 0 Å². The summed E-state index contributed by atoms with van der Waals surface area (Å²) >= 11 is 0. The van der Waals surface area contributed by atoms with E-state index < -0.39 is 0 Å². The highest BCUT2D eigenvalue weighted by molar-refractivity contribution is 5.93. The number of nitrogens with one attached hydrogen (secondary N) is 1. The third-order valence-electron chi connectivity index (χ3n) is 6.06. The van der Waals surface area contributed by atoms with Crippen molar-refractivity contribution in [3.63, 3.8) is 0 Å². The molecule has 0 aromatic heterocycles. The van der Waals surface area contributed by atoms with Crippen LogP contribution in [0.1, 0.15) is 31.9 Å². The van der Waals surface area contributed by atoms with Crippen LogP contribution in [-0.4, -0.2) is 66.9 Å². The van der Waals surface area contributed by atoms with Crippen molar-refractivity contribution in [2.24, 2.45) is 0 Å². The Morgan fingerprint density at radius 3 is 2.28 bits per heavy atom. The summed E-state index contributed by atoms with van der Waals surface area (Å²) in [5, 5.41) is 3.04. The van der Waals surface area contributed by atoms with Crippen molar-refractivity contribution in [3.05, 3.63) is 59.7 Å². The van der Waals surface area contributed by atoms with E-state index in [0.29, 0.717) is 39.3 Å². The first kappa shape index (κ1) is 23.8. The molecule has 1 saturated heterocycles. The number of nitrogens with zero attached hydrogens (tertiary/aromatic N) is 3. The number of para-hydroxylation sites is 1. The molecule has 2 amide bonds. The standard InChI is InChI=1S/C26H36N4O2/c1-5-22-8-6-7-9-24(22)27-25(31)18-28-14-16-29(17-15-28)26(32)19-30(20(2)3)23-12-10-21(4)11-13-23/h6-13,20H,5,14-19H2,1-4H3,(H,27,31). The Hall–Kier alpha value is -2.86. The number of anilines is 2. The van der Waals surface area contributed by atoms with Crippen molar-refractivity contribution in [1.82, 2.24) is 9.80 Å². The average molecular weight is 437 g/mol. The molecule has 0 spiro atoms. The van der Waals surface area contributed by atoms with E-state index in [4.69, 9.17) is 0 Å². The summed E-state index contributed by atoms with van der Waals surface area (Å²) < 4.78 is 0. The molecule has 172 valence electrons. The Kier molecular flexibility index (Phi) is 8.28. The molecule has 0 bridgehead atoms. The van der Waals surface area contributed by atoms with E-state index in [1.807, 2.05) is 29.2 Å². The van der Waals surface area contributed by atoms with E-state index in [1.165, 1.54) is 5.56 Å². The molecular weight excluding hydrogens is 400 g/mol. The zero-order chi connectivity index (χ0) is 23.1. The number of hydrogen-bond acceptors (Lipinski definition) is 4. The zero-order valence-electron chi connectivity index (χ0n) is 19.8. The molecule has 2 aromatic rings. The monoisotopic (exact) mass is 436 g/mol. The summed E-state index contributed by atoms with van der Waals surface area (Å²) in [6, 6.07) is 16.5. The maximum Gasteiger partial charge on any atom is 0.242 e. The van der Waals surface area contributed by atoms with Gasteiger partial charge in [-0.15, -0.1) is 0 Å². The van der Waals surface area contributed by atoms with Crippen LogP contribution in [0.3, 0.4) is 0 Å². The maximum absolute atomic E-state index is 13.0. The minimum Gasteiger partial charge on any atom is -0.360 e. The SMILES string of the molecule is CCc1ccccc1NC(=O)CN1CCN(C(=O)CN(c2ccc(C)cc2)C(C)C)CC1. The largest absolute Gasteiger partial charge is 0.360 e. The average Bonchev–Trinajstić information content (AvgIpc) is 2.78. The molecule has 0 radical (unpaired) electrons. The quantitative estimate of drug-likeness (QED) is 0.688.